The van der Waals surface area contributed by atoms with Gasteiger partial charge in [-0.1, -0.05) is 30.3 Å². The van der Waals surface area contributed by atoms with E-state index in [4.69, 9.17) is 4.42 Å². The average molecular weight is 369 g/mol. The predicted molar refractivity (Wildman–Crippen MR) is 100 cm³/mol. The van der Waals surface area contributed by atoms with Crippen molar-refractivity contribution >= 4 is 28.3 Å². The van der Waals surface area contributed by atoms with Gasteiger partial charge in [0.2, 0.25) is 5.91 Å². The molecule has 0 aliphatic rings. The minimum Gasteiger partial charge on any atom is -0.459 e. The maximum atomic E-state index is 12.1. The number of hydrogen-bond acceptors (Lipinski definition) is 5. The molecule has 3 aromatic rings. The normalized spacial score (nSPS) is 11.7. The van der Waals surface area contributed by atoms with Crippen molar-refractivity contribution in [3.8, 4) is 0 Å². The van der Waals surface area contributed by atoms with Gasteiger partial charge in [0.05, 0.1) is 18.0 Å². The second-order valence-corrected chi connectivity index (χ2v) is 6.63. The van der Waals surface area contributed by atoms with Crippen molar-refractivity contribution in [2.24, 2.45) is 0 Å². The van der Waals surface area contributed by atoms with E-state index in [0.29, 0.717) is 18.0 Å². The molecule has 0 saturated carbocycles. The molecule has 0 aliphatic heterocycles. The van der Waals surface area contributed by atoms with E-state index < -0.39 is 0 Å². The third-order valence-corrected chi connectivity index (χ3v) is 4.61. The summed E-state index contributed by atoms with van der Waals surface area (Å²) in [6, 6.07) is 13.0. The van der Waals surface area contributed by atoms with E-state index in [1.165, 1.54) is 17.6 Å². The highest BCUT2D eigenvalue weighted by atomic mass is 32.1. The van der Waals surface area contributed by atoms with Gasteiger partial charge in [-0.3, -0.25) is 14.9 Å². The summed E-state index contributed by atoms with van der Waals surface area (Å²) in [7, 11) is 0. The van der Waals surface area contributed by atoms with Gasteiger partial charge in [-0.2, -0.15) is 0 Å². The molecule has 26 heavy (non-hydrogen) atoms. The monoisotopic (exact) mass is 369 g/mol. The number of carbonyl (C=O) groups excluding carboxylic acids is 2. The zero-order valence-electron chi connectivity index (χ0n) is 14.3. The van der Waals surface area contributed by atoms with Gasteiger partial charge in [0, 0.05) is 11.8 Å². The summed E-state index contributed by atoms with van der Waals surface area (Å²) >= 11 is 1.32. The Bertz CT molecular complexity index is 859. The molecule has 0 spiro atoms. The van der Waals surface area contributed by atoms with Gasteiger partial charge in [-0.15, -0.1) is 11.3 Å². The number of nitrogens with one attached hydrogen (secondary N) is 2. The number of hydrogen-bond donors (Lipinski definition) is 2. The van der Waals surface area contributed by atoms with Crippen molar-refractivity contribution in [3.63, 3.8) is 0 Å². The first-order valence-electron chi connectivity index (χ1n) is 8.25. The molecule has 7 heteroatoms. The molecule has 1 aromatic carbocycles. The van der Waals surface area contributed by atoms with Crippen LogP contribution in [0, 0.1) is 0 Å². The first-order valence-corrected chi connectivity index (χ1v) is 9.13. The second-order valence-electron chi connectivity index (χ2n) is 5.78. The Morgan fingerprint density at radius 3 is 2.73 bits per heavy atom. The fourth-order valence-corrected chi connectivity index (χ4v) is 3.17. The summed E-state index contributed by atoms with van der Waals surface area (Å²) in [5.74, 6) is -0.142. The van der Waals surface area contributed by atoms with Gasteiger partial charge in [0.25, 0.3) is 5.91 Å². The van der Waals surface area contributed by atoms with Gasteiger partial charge in [-0.25, -0.2) is 4.98 Å². The molecular weight excluding hydrogens is 350 g/mol. The summed E-state index contributed by atoms with van der Waals surface area (Å²) in [5.41, 5.74) is 1.84. The number of aryl methyl sites for hydroxylation is 1. The molecule has 0 fully saturated rings. The number of aromatic nitrogens is 1. The van der Waals surface area contributed by atoms with Crippen LogP contribution < -0.4 is 10.6 Å². The highest BCUT2D eigenvalue weighted by molar-refractivity contribution is 7.13. The predicted octanol–water partition coefficient (Wildman–Crippen LogP) is 3.80. The average Bonchev–Trinajstić information content (AvgIpc) is 3.33. The maximum Gasteiger partial charge on any atom is 0.293 e. The third kappa shape index (κ3) is 4.80. The molecule has 134 valence electrons. The lowest BCUT2D eigenvalue weighted by molar-refractivity contribution is -0.121. The summed E-state index contributed by atoms with van der Waals surface area (Å²) in [6.45, 7) is 1.96. The number of amides is 2. The largest absolute Gasteiger partial charge is 0.459 e. The van der Waals surface area contributed by atoms with Crippen LogP contribution in [-0.4, -0.2) is 16.8 Å². The minimum absolute atomic E-state index is 0.0319. The molecule has 0 aliphatic carbocycles. The van der Waals surface area contributed by atoms with Crippen LogP contribution in [-0.2, 0) is 11.2 Å². The Labute approximate surface area is 155 Å². The van der Waals surface area contributed by atoms with Gasteiger partial charge >= 0.3 is 0 Å². The molecule has 2 aromatic heterocycles. The van der Waals surface area contributed by atoms with E-state index in [1.54, 1.807) is 12.1 Å². The van der Waals surface area contributed by atoms with Crippen molar-refractivity contribution in [2.75, 3.05) is 5.32 Å². The molecule has 3 rings (SSSR count). The Hall–Kier alpha value is -2.93. The van der Waals surface area contributed by atoms with Crippen LogP contribution in [0.4, 0.5) is 5.13 Å². The van der Waals surface area contributed by atoms with Gasteiger partial charge in [0.1, 0.15) is 0 Å². The molecule has 2 N–H and O–H groups in total. The highest BCUT2D eigenvalue weighted by Gasteiger charge is 2.13. The second kappa shape index (κ2) is 8.44. The summed E-state index contributed by atoms with van der Waals surface area (Å²) in [6.07, 6.45) is 2.30. The van der Waals surface area contributed by atoms with Crippen LogP contribution in [0.15, 0.2) is 58.5 Å². The van der Waals surface area contributed by atoms with Crippen molar-refractivity contribution in [3.05, 3.63) is 71.1 Å². The number of nitrogens with zero attached hydrogens (tertiary/aromatic N) is 1. The van der Waals surface area contributed by atoms with E-state index in [-0.39, 0.29) is 23.6 Å². The molecular formula is C19H19N3O3S. The molecule has 2 heterocycles. The molecule has 2 amide bonds. The van der Waals surface area contributed by atoms with E-state index in [2.05, 4.69) is 15.6 Å². The Morgan fingerprint density at radius 2 is 2.00 bits per heavy atom. The lowest BCUT2D eigenvalue weighted by Crippen LogP contribution is -2.26. The Balaban J connectivity index is 1.47. The lowest BCUT2D eigenvalue weighted by Gasteiger charge is -2.13. The van der Waals surface area contributed by atoms with Crippen molar-refractivity contribution in [1.82, 2.24) is 10.3 Å². The van der Waals surface area contributed by atoms with E-state index in [0.717, 1.165) is 11.3 Å². The van der Waals surface area contributed by atoms with Crippen LogP contribution in [0.3, 0.4) is 0 Å². The lowest BCUT2D eigenvalue weighted by atomic mass is 10.1. The maximum absolute atomic E-state index is 12.1. The summed E-state index contributed by atoms with van der Waals surface area (Å²) < 4.78 is 5.04. The standard InChI is InChI=1S/C19H19N3O3S/c1-13(14-6-3-2-4-7-14)20-17(23)10-9-15-12-26-19(21-15)22-18(24)16-8-5-11-25-16/h2-8,11-13H,9-10H2,1H3,(H,20,23)(H,21,22,24)/t13-/m0/s1. The van der Waals surface area contributed by atoms with Crippen LogP contribution in [0.2, 0.25) is 0 Å². The van der Waals surface area contributed by atoms with Crippen LogP contribution in [0.1, 0.15) is 41.2 Å². The quantitative estimate of drug-likeness (QED) is 0.663. The fourth-order valence-electron chi connectivity index (χ4n) is 2.43. The topological polar surface area (TPSA) is 84.2 Å². The van der Waals surface area contributed by atoms with Gasteiger partial charge in [0.15, 0.2) is 10.9 Å². The van der Waals surface area contributed by atoms with Crippen molar-refractivity contribution in [1.29, 1.82) is 0 Å². The number of furan rings is 1. The van der Waals surface area contributed by atoms with E-state index in [1.807, 2.05) is 42.6 Å². The first-order chi connectivity index (χ1) is 12.6. The van der Waals surface area contributed by atoms with Crippen molar-refractivity contribution < 1.29 is 14.0 Å². The first kappa shape index (κ1) is 17.9. The summed E-state index contributed by atoms with van der Waals surface area (Å²) in [4.78, 5) is 28.4. The van der Waals surface area contributed by atoms with Gasteiger partial charge in [-0.05, 0) is 31.0 Å². The number of carbonyl (C=O) groups is 2. The molecule has 0 bridgehead atoms. The Kier molecular flexibility index (Phi) is 5.80. The highest BCUT2D eigenvalue weighted by Crippen LogP contribution is 2.18. The minimum atomic E-state index is -0.342. The number of anilines is 1. The third-order valence-electron chi connectivity index (χ3n) is 3.80. The van der Waals surface area contributed by atoms with Crippen LogP contribution >= 0.6 is 11.3 Å². The van der Waals surface area contributed by atoms with E-state index >= 15 is 0 Å². The number of benzene rings is 1. The van der Waals surface area contributed by atoms with Crippen molar-refractivity contribution in [2.45, 2.75) is 25.8 Å². The van der Waals surface area contributed by atoms with E-state index in [9.17, 15) is 9.59 Å². The molecule has 1 atom stereocenters. The zero-order chi connectivity index (χ0) is 18.4. The number of rotatable bonds is 7. The number of thiazole rings is 1. The SMILES string of the molecule is C[C@H](NC(=O)CCc1csc(NC(=O)c2ccco2)n1)c1ccccc1. The zero-order valence-corrected chi connectivity index (χ0v) is 15.1. The summed E-state index contributed by atoms with van der Waals surface area (Å²) in [5, 5.41) is 7.98. The molecule has 6 nitrogen and oxygen atoms in total. The fraction of sp³-hybridized carbons (Fsp3) is 0.211. The molecule has 0 radical (unpaired) electrons. The van der Waals surface area contributed by atoms with Crippen LogP contribution in [0.25, 0.3) is 0 Å². The van der Waals surface area contributed by atoms with Gasteiger partial charge < -0.3 is 9.73 Å². The smallest absolute Gasteiger partial charge is 0.293 e. The van der Waals surface area contributed by atoms with Crippen LogP contribution in [0.5, 0.6) is 0 Å². The Morgan fingerprint density at radius 1 is 1.19 bits per heavy atom. The molecule has 0 saturated heterocycles. The molecule has 0 unspecified atom stereocenters.